The molecule has 0 N–H and O–H groups in total. The van der Waals surface area contributed by atoms with E-state index < -0.39 is 0 Å². The summed E-state index contributed by atoms with van der Waals surface area (Å²) in [6.45, 7) is 3.50. The van der Waals surface area contributed by atoms with Gasteiger partial charge >= 0.3 is 0 Å². The van der Waals surface area contributed by atoms with E-state index in [2.05, 4.69) is 4.90 Å². The standard InChI is InChI=1S/C12H14FN/c13-12-3-1-9(2-4-12)6-14-7-10-5-11(10)8-14/h1-4,10-11H,5-8H2. The minimum Gasteiger partial charge on any atom is -0.299 e. The first-order valence-corrected chi connectivity index (χ1v) is 5.28. The second kappa shape index (κ2) is 3.06. The number of nitrogens with zero attached hydrogens (tertiary/aromatic N) is 1. The molecule has 0 amide bonds. The number of piperidine rings is 1. The summed E-state index contributed by atoms with van der Waals surface area (Å²) in [5, 5.41) is 0. The Kier molecular flexibility index (Phi) is 1.84. The van der Waals surface area contributed by atoms with Gasteiger partial charge in [-0.15, -0.1) is 0 Å². The van der Waals surface area contributed by atoms with Crippen LogP contribution in [0.1, 0.15) is 12.0 Å². The summed E-state index contributed by atoms with van der Waals surface area (Å²) in [5.41, 5.74) is 1.23. The zero-order valence-corrected chi connectivity index (χ0v) is 8.12. The Hall–Kier alpha value is -0.890. The smallest absolute Gasteiger partial charge is 0.123 e. The zero-order valence-electron chi connectivity index (χ0n) is 8.12. The lowest BCUT2D eigenvalue weighted by molar-refractivity contribution is 0.297. The van der Waals surface area contributed by atoms with Crippen molar-refractivity contribution in [1.82, 2.24) is 4.90 Å². The van der Waals surface area contributed by atoms with E-state index >= 15 is 0 Å². The fraction of sp³-hybridized carbons (Fsp3) is 0.500. The topological polar surface area (TPSA) is 3.24 Å². The molecule has 0 radical (unpaired) electrons. The number of hydrogen-bond donors (Lipinski definition) is 0. The highest BCUT2D eigenvalue weighted by Crippen LogP contribution is 2.45. The van der Waals surface area contributed by atoms with Crippen molar-refractivity contribution in [2.24, 2.45) is 11.8 Å². The number of likely N-dealkylation sites (tertiary alicyclic amines) is 1. The molecule has 2 aliphatic rings. The van der Waals surface area contributed by atoms with Crippen LogP contribution in [0, 0.1) is 17.7 Å². The molecule has 0 aromatic heterocycles. The second-order valence-corrected chi connectivity index (χ2v) is 4.58. The summed E-state index contributed by atoms with van der Waals surface area (Å²) in [4.78, 5) is 2.48. The zero-order chi connectivity index (χ0) is 9.54. The van der Waals surface area contributed by atoms with Crippen molar-refractivity contribution in [1.29, 1.82) is 0 Å². The summed E-state index contributed by atoms with van der Waals surface area (Å²) in [7, 11) is 0. The third-order valence-electron chi connectivity index (χ3n) is 3.37. The Morgan fingerprint density at radius 1 is 1.14 bits per heavy atom. The van der Waals surface area contributed by atoms with Gasteiger partial charge in [-0.2, -0.15) is 0 Å². The van der Waals surface area contributed by atoms with E-state index in [1.807, 2.05) is 12.1 Å². The molecule has 1 nitrogen and oxygen atoms in total. The average Bonchev–Trinajstić information content (AvgIpc) is 2.79. The van der Waals surface area contributed by atoms with E-state index in [1.165, 1.54) is 25.1 Å². The van der Waals surface area contributed by atoms with Crippen molar-refractivity contribution in [3.8, 4) is 0 Å². The van der Waals surface area contributed by atoms with Crippen LogP contribution in [0.2, 0.25) is 0 Å². The summed E-state index contributed by atoms with van der Waals surface area (Å²) < 4.78 is 12.7. The summed E-state index contributed by atoms with van der Waals surface area (Å²) in [5.74, 6) is 1.82. The lowest BCUT2D eigenvalue weighted by Crippen LogP contribution is -2.21. The minimum atomic E-state index is -0.141. The average molecular weight is 191 g/mol. The lowest BCUT2D eigenvalue weighted by atomic mass is 10.2. The van der Waals surface area contributed by atoms with Crippen LogP contribution in [0.4, 0.5) is 4.39 Å². The number of benzene rings is 1. The lowest BCUT2D eigenvalue weighted by Gasteiger charge is -2.16. The highest BCUT2D eigenvalue weighted by molar-refractivity contribution is 5.16. The first kappa shape index (κ1) is 8.42. The van der Waals surface area contributed by atoms with Crippen LogP contribution in [-0.2, 0) is 6.54 Å². The molecule has 2 atom stereocenters. The Morgan fingerprint density at radius 2 is 1.79 bits per heavy atom. The van der Waals surface area contributed by atoms with Crippen LogP contribution >= 0.6 is 0 Å². The van der Waals surface area contributed by atoms with Gasteiger partial charge < -0.3 is 0 Å². The fourth-order valence-electron chi connectivity index (χ4n) is 2.47. The third kappa shape index (κ3) is 1.55. The third-order valence-corrected chi connectivity index (χ3v) is 3.37. The first-order chi connectivity index (χ1) is 6.81. The van der Waals surface area contributed by atoms with Crippen LogP contribution in [-0.4, -0.2) is 18.0 Å². The van der Waals surface area contributed by atoms with E-state index in [1.54, 1.807) is 12.1 Å². The summed E-state index contributed by atoms with van der Waals surface area (Å²) in [6.07, 6.45) is 1.44. The van der Waals surface area contributed by atoms with Crippen LogP contribution in [0.25, 0.3) is 0 Å². The molecule has 2 unspecified atom stereocenters. The van der Waals surface area contributed by atoms with Crippen molar-refractivity contribution in [3.63, 3.8) is 0 Å². The van der Waals surface area contributed by atoms with Gasteiger partial charge in [-0.05, 0) is 36.0 Å². The predicted molar refractivity (Wildman–Crippen MR) is 53.3 cm³/mol. The fourth-order valence-corrected chi connectivity index (χ4v) is 2.47. The van der Waals surface area contributed by atoms with E-state index in [4.69, 9.17) is 0 Å². The number of halogens is 1. The molecule has 1 aromatic rings. The van der Waals surface area contributed by atoms with Crippen molar-refractivity contribution < 1.29 is 4.39 Å². The van der Waals surface area contributed by atoms with Gasteiger partial charge in [0, 0.05) is 19.6 Å². The molecular formula is C12H14FN. The number of hydrogen-bond acceptors (Lipinski definition) is 1. The molecule has 0 spiro atoms. The van der Waals surface area contributed by atoms with Gasteiger partial charge in [0.15, 0.2) is 0 Å². The van der Waals surface area contributed by atoms with Crippen molar-refractivity contribution in [3.05, 3.63) is 35.6 Å². The van der Waals surface area contributed by atoms with Gasteiger partial charge in [-0.3, -0.25) is 4.90 Å². The van der Waals surface area contributed by atoms with Crippen LogP contribution in [0.15, 0.2) is 24.3 Å². The molecular weight excluding hydrogens is 177 g/mol. The Morgan fingerprint density at radius 3 is 2.43 bits per heavy atom. The summed E-state index contributed by atoms with van der Waals surface area (Å²) in [6, 6.07) is 6.87. The molecule has 0 bridgehead atoms. The van der Waals surface area contributed by atoms with E-state index in [0.717, 1.165) is 18.4 Å². The summed E-state index contributed by atoms with van der Waals surface area (Å²) >= 11 is 0. The van der Waals surface area contributed by atoms with Gasteiger partial charge in [-0.1, -0.05) is 12.1 Å². The van der Waals surface area contributed by atoms with Gasteiger partial charge in [0.2, 0.25) is 0 Å². The molecule has 1 aliphatic carbocycles. The van der Waals surface area contributed by atoms with Gasteiger partial charge in [0.25, 0.3) is 0 Å². The Bertz CT molecular complexity index is 323. The molecule has 1 saturated heterocycles. The van der Waals surface area contributed by atoms with Gasteiger partial charge in [-0.25, -0.2) is 4.39 Å². The van der Waals surface area contributed by atoms with Gasteiger partial charge in [0.1, 0.15) is 5.82 Å². The van der Waals surface area contributed by atoms with Crippen molar-refractivity contribution >= 4 is 0 Å². The molecule has 1 aliphatic heterocycles. The van der Waals surface area contributed by atoms with E-state index in [9.17, 15) is 4.39 Å². The first-order valence-electron chi connectivity index (χ1n) is 5.28. The maximum absolute atomic E-state index is 12.7. The highest BCUT2D eigenvalue weighted by atomic mass is 19.1. The molecule has 3 rings (SSSR count). The van der Waals surface area contributed by atoms with E-state index in [0.29, 0.717) is 0 Å². The molecule has 74 valence electrons. The monoisotopic (exact) mass is 191 g/mol. The normalized spacial score (nSPS) is 30.4. The van der Waals surface area contributed by atoms with Crippen molar-refractivity contribution in [2.75, 3.05) is 13.1 Å². The highest BCUT2D eigenvalue weighted by Gasteiger charge is 2.44. The van der Waals surface area contributed by atoms with E-state index in [-0.39, 0.29) is 5.82 Å². The van der Waals surface area contributed by atoms with Crippen molar-refractivity contribution in [2.45, 2.75) is 13.0 Å². The van der Waals surface area contributed by atoms with Crippen LogP contribution in [0.3, 0.4) is 0 Å². The molecule has 2 heteroatoms. The van der Waals surface area contributed by atoms with Crippen LogP contribution < -0.4 is 0 Å². The SMILES string of the molecule is Fc1ccc(CN2CC3CC3C2)cc1. The Balaban J connectivity index is 1.64. The minimum absolute atomic E-state index is 0.141. The van der Waals surface area contributed by atoms with Gasteiger partial charge in [0.05, 0.1) is 0 Å². The molecule has 1 aromatic carbocycles. The van der Waals surface area contributed by atoms with Crippen LogP contribution in [0.5, 0.6) is 0 Å². The number of rotatable bonds is 2. The maximum atomic E-state index is 12.7. The largest absolute Gasteiger partial charge is 0.299 e. The molecule has 2 fully saturated rings. The molecule has 1 heterocycles. The molecule has 14 heavy (non-hydrogen) atoms. The Labute approximate surface area is 83.5 Å². The predicted octanol–water partition coefficient (Wildman–Crippen LogP) is 2.28. The number of fused-ring (bicyclic) bond motifs is 1. The molecule has 1 saturated carbocycles. The second-order valence-electron chi connectivity index (χ2n) is 4.58. The maximum Gasteiger partial charge on any atom is 0.123 e. The quantitative estimate of drug-likeness (QED) is 0.693.